The molecule has 6 heteroatoms. The van der Waals surface area contributed by atoms with Gasteiger partial charge in [-0.15, -0.1) is 0 Å². The summed E-state index contributed by atoms with van der Waals surface area (Å²) in [6.07, 6.45) is 2.36. The quantitative estimate of drug-likeness (QED) is 0.838. The van der Waals surface area contributed by atoms with Crippen LogP contribution in [0.25, 0.3) is 0 Å². The van der Waals surface area contributed by atoms with Crippen molar-refractivity contribution in [2.24, 2.45) is 0 Å². The van der Waals surface area contributed by atoms with E-state index >= 15 is 0 Å². The molecule has 0 saturated heterocycles. The molecule has 0 atom stereocenters. The number of halogens is 2. The van der Waals surface area contributed by atoms with Gasteiger partial charge in [-0.2, -0.15) is 0 Å². The Morgan fingerprint density at radius 3 is 2.50 bits per heavy atom. The third-order valence-corrected chi connectivity index (χ3v) is 3.54. The van der Waals surface area contributed by atoms with Crippen LogP contribution < -0.4 is 5.32 Å². The molecular weight excluding hydrogens is 268 g/mol. The molecule has 0 aromatic heterocycles. The lowest BCUT2D eigenvalue weighted by molar-refractivity contribution is 0.0594. The van der Waals surface area contributed by atoms with Crippen molar-refractivity contribution in [3.05, 3.63) is 29.3 Å². The molecule has 20 heavy (non-hydrogen) atoms. The van der Waals surface area contributed by atoms with Crippen molar-refractivity contribution in [1.82, 2.24) is 0 Å². The summed E-state index contributed by atoms with van der Waals surface area (Å²) >= 11 is 0. The second kappa shape index (κ2) is 6.17. The molecule has 0 unspecified atom stereocenters. The number of nitrogens with one attached hydrogen (secondary N) is 1. The van der Waals surface area contributed by atoms with Crippen molar-refractivity contribution in [2.45, 2.75) is 37.8 Å². The first-order chi connectivity index (χ1) is 9.52. The largest absolute Gasteiger partial charge is 0.465 e. The van der Waals surface area contributed by atoms with Gasteiger partial charge in [0.15, 0.2) is 11.6 Å². The molecule has 1 saturated carbocycles. The van der Waals surface area contributed by atoms with Crippen molar-refractivity contribution >= 4 is 11.7 Å². The molecule has 1 fully saturated rings. The van der Waals surface area contributed by atoms with E-state index in [2.05, 4.69) is 10.1 Å². The number of carbonyl (C=O) groups is 1. The monoisotopic (exact) mass is 285 g/mol. The highest BCUT2D eigenvalue weighted by molar-refractivity contribution is 5.90. The zero-order chi connectivity index (χ0) is 14.7. The standard InChI is InChI=1S/C14H17F2NO3/c1-20-14(19)10-6-7-11(13(16)12(10)15)17-8-2-4-9(18)5-3-8/h6-9,17-18H,2-5H2,1H3. The highest BCUT2D eigenvalue weighted by Gasteiger charge is 2.23. The van der Waals surface area contributed by atoms with Gasteiger partial charge in [0, 0.05) is 6.04 Å². The molecule has 1 aliphatic rings. The fraction of sp³-hybridized carbons (Fsp3) is 0.500. The lowest BCUT2D eigenvalue weighted by Gasteiger charge is -2.27. The van der Waals surface area contributed by atoms with Gasteiger partial charge in [-0.25, -0.2) is 13.6 Å². The summed E-state index contributed by atoms with van der Waals surface area (Å²) in [6, 6.07) is 2.52. The molecule has 0 bridgehead atoms. The average molecular weight is 285 g/mol. The number of benzene rings is 1. The summed E-state index contributed by atoms with van der Waals surface area (Å²) in [5.41, 5.74) is -0.397. The van der Waals surface area contributed by atoms with Gasteiger partial charge in [-0.3, -0.25) is 0 Å². The number of anilines is 1. The van der Waals surface area contributed by atoms with E-state index in [0.29, 0.717) is 25.7 Å². The lowest BCUT2D eigenvalue weighted by Crippen LogP contribution is -2.28. The number of aliphatic hydroxyl groups is 1. The van der Waals surface area contributed by atoms with Crippen LogP contribution in [0, 0.1) is 11.6 Å². The second-order valence-corrected chi connectivity index (χ2v) is 4.93. The topological polar surface area (TPSA) is 58.6 Å². The van der Waals surface area contributed by atoms with Crippen LogP contribution in [-0.2, 0) is 4.74 Å². The van der Waals surface area contributed by atoms with Crippen molar-refractivity contribution < 1.29 is 23.4 Å². The van der Waals surface area contributed by atoms with Crippen LogP contribution in [0.4, 0.5) is 14.5 Å². The van der Waals surface area contributed by atoms with Crippen molar-refractivity contribution in [3.63, 3.8) is 0 Å². The Kier molecular flexibility index (Phi) is 4.54. The van der Waals surface area contributed by atoms with Crippen LogP contribution in [0.2, 0.25) is 0 Å². The first-order valence-electron chi connectivity index (χ1n) is 6.54. The minimum absolute atomic E-state index is 0.00345. The first-order valence-corrected chi connectivity index (χ1v) is 6.54. The predicted molar refractivity (Wildman–Crippen MR) is 69.6 cm³/mol. The fourth-order valence-electron chi connectivity index (χ4n) is 2.37. The molecule has 110 valence electrons. The molecule has 1 aliphatic carbocycles. The van der Waals surface area contributed by atoms with Gasteiger partial charge >= 0.3 is 5.97 Å². The van der Waals surface area contributed by atoms with E-state index in [9.17, 15) is 18.7 Å². The number of hydrogen-bond donors (Lipinski definition) is 2. The Labute approximate surface area is 115 Å². The Hall–Kier alpha value is -1.69. The molecule has 4 nitrogen and oxygen atoms in total. The zero-order valence-corrected chi connectivity index (χ0v) is 11.2. The van der Waals surface area contributed by atoms with Crippen LogP contribution in [0.1, 0.15) is 36.0 Å². The van der Waals surface area contributed by atoms with E-state index < -0.39 is 23.2 Å². The van der Waals surface area contributed by atoms with Crippen LogP contribution in [0.5, 0.6) is 0 Å². The highest BCUT2D eigenvalue weighted by atomic mass is 19.2. The fourth-order valence-corrected chi connectivity index (χ4v) is 2.37. The van der Waals surface area contributed by atoms with Crippen LogP contribution in [-0.4, -0.2) is 30.3 Å². The van der Waals surface area contributed by atoms with Gasteiger partial charge in [0.2, 0.25) is 0 Å². The molecule has 1 aromatic rings. The predicted octanol–water partition coefficient (Wildman–Crippen LogP) is 2.47. The molecule has 0 heterocycles. The van der Waals surface area contributed by atoms with Gasteiger partial charge in [0.25, 0.3) is 0 Å². The number of carbonyl (C=O) groups excluding carboxylic acids is 1. The van der Waals surface area contributed by atoms with Crippen LogP contribution in [0.15, 0.2) is 12.1 Å². The summed E-state index contributed by atoms with van der Waals surface area (Å²) in [5.74, 6) is -3.20. The summed E-state index contributed by atoms with van der Waals surface area (Å²) < 4.78 is 32.0. The van der Waals surface area contributed by atoms with Crippen molar-refractivity contribution in [1.29, 1.82) is 0 Å². The summed E-state index contributed by atoms with van der Waals surface area (Å²) in [5, 5.41) is 12.3. The summed E-state index contributed by atoms with van der Waals surface area (Å²) in [7, 11) is 1.11. The minimum atomic E-state index is -1.21. The average Bonchev–Trinajstić information content (AvgIpc) is 2.45. The Bertz CT molecular complexity index is 499. The number of methoxy groups -OCH3 is 1. The number of aliphatic hydroxyl groups excluding tert-OH is 1. The third kappa shape index (κ3) is 3.07. The van der Waals surface area contributed by atoms with E-state index in [0.717, 1.165) is 7.11 Å². The highest BCUT2D eigenvalue weighted by Crippen LogP contribution is 2.26. The van der Waals surface area contributed by atoms with Gasteiger partial charge in [0.05, 0.1) is 24.5 Å². The number of ether oxygens (including phenoxy) is 1. The maximum Gasteiger partial charge on any atom is 0.340 e. The van der Waals surface area contributed by atoms with Gasteiger partial charge in [-0.1, -0.05) is 0 Å². The molecule has 2 N–H and O–H groups in total. The Morgan fingerprint density at radius 2 is 1.90 bits per heavy atom. The number of esters is 1. The lowest BCUT2D eigenvalue weighted by atomic mass is 9.93. The van der Waals surface area contributed by atoms with Gasteiger partial charge < -0.3 is 15.2 Å². The second-order valence-electron chi connectivity index (χ2n) is 4.93. The normalized spacial score (nSPS) is 22.4. The molecule has 1 aromatic carbocycles. The van der Waals surface area contributed by atoms with Crippen molar-refractivity contribution in [2.75, 3.05) is 12.4 Å². The molecule has 2 rings (SSSR count). The maximum atomic E-state index is 13.9. The van der Waals surface area contributed by atoms with Gasteiger partial charge in [-0.05, 0) is 37.8 Å². The van der Waals surface area contributed by atoms with Crippen LogP contribution in [0.3, 0.4) is 0 Å². The molecular formula is C14H17F2NO3. The molecule has 0 radical (unpaired) electrons. The van der Waals surface area contributed by atoms with E-state index in [-0.39, 0.29) is 17.8 Å². The van der Waals surface area contributed by atoms with Gasteiger partial charge in [0.1, 0.15) is 0 Å². The summed E-state index contributed by atoms with van der Waals surface area (Å²) in [4.78, 5) is 11.2. The zero-order valence-electron chi connectivity index (χ0n) is 11.2. The Morgan fingerprint density at radius 1 is 1.25 bits per heavy atom. The molecule has 0 aliphatic heterocycles. The van der Waals surface area contributed by atoms with E-state index in [4.69, 9.17) is 0 Å². The smallest absolute Gasteiger partial charge is 0.340 e. The van der Waals surface area contributed by atoms with E-state index in [1.165, 1.54) is 12.1 Å². The Balaban J connectivity index is 2.13. The summed E-state index contributed by atoms with van der Waals surface area (Å²) in [6.45, 7) is 0. The molecule has 0 amide bonds. The SMILES string of the molecule is COC(=O)c1ccc(NC2CCC(O)CC2)c(F)c1F. The minimum Gasteiger partial charge on any atom is -0.465 e. The van der Waals surface area contributed by atoms with Crippen molar-refractivity contribution in [3.8, 4) is 0 Å². The molecule has 0 spiro atoms. The number of rotatable bonds is 3. The van der Waals surface area contributed by atoms with E-state index in [1.807, 2.05) is 0 Å². The van der Waals surface area contributed by atoms with E-state index in [1.54, 1.807) is 0 Å². The first kappa shape index (κ1) is 14.7. The maximum absolute atomic E-state index is 13.9. The van der Waals surface area contributed by atoms with Crippen LogP contribution >= 0.6 is 0 Å². The number of hydrogen-bond acceptors (Lipinski definition) is 4. The third-order valence-electron chi connectivity index (χ3n) is 3.54.